The number of aryl methyl sites for hydroxylation is 1. The number of amides is 2. The fraction of sp³-hybridized carbons (Fsp3) is 0.200. The zero-order valence-corrected chi connectivity index (χ0v) is 15.8. The molecular formula is C15H15ClN4O6S. The summed E-state index contributed by atoms with van der Waals surface area (Å²) in [5.41, 5.74) is -0.611. The molecule has 0 spiro atoms. The first-order chi connectivity index (χ1) is 12.7. The number of hydrogen-bond donors (Lipinski definition) is 3. The van der Waals surface area contributed by atoms with Crippen LogP contribution in [0.15, 0.2) is 29.2 Å². The molecule has 1 heterocycles. The SMILES string of the molecule is CCc1nc(Cl)c(NC(=O)NS(=O)(=O)c2ccccc2C(=O)O)c(OC)n1. The number of aromatic carboxylic acids is 1. The normalized spacial score (nSPS) is 10.9. The molecule has 0 aliphatic rings. The molecule has 2 aromatic rings. The van der Waals surface area contributed by atoms with Crippen LogP contribution in [0.5, 0.6) is 5.88 Å². The van der Waals surface area contributed by atoms with Gasteiger partial charge in [0.05, 0.1) is 12.7 Å². The highest BCUT2D eigenvalue weighted by atomic mass is 35.5. The van der Waals surface area contributed by atoms with Crippen molar-refractivity contribution in [3.8, 4) is 5.88 Å². The van der Waals surface area contributed by atoms with Crippen LogP contribution in [0.1, 0.15) is 23.1 Å². The maximum Gasteiger partial charge on any atom is 0.337 e. The zero-order chi connectivity index (χ0) is 20.2. The quantitative estimate of drug-likeness (QED) is 0.607. The Labute approximate surface area is 159 Å². The molecule has 27 heavy (non-hydrogen) atoms. The van der Waals surface area contributed by atoms with Gasteiger partial charge in [-0.2, -0.15) is 4.98 Å². The molecule has 1 aromatic carbocycles. The van der Waals surface area contributed by atoms with E-state index in [1.807, 2.05) is 0 Å². The number of halogens is 1. The Kier molecular flexibility index (Phi) is 6.18. The lowest BCUT2D eigenvalue weighted by Gasteiger charge is -2.13. The predicted octanol–water partition coefficient (Wildman–Crippen LogP) is 1.91. The van der Waals surface area contributed by atoms with Crippen molar-refractivity contribution in [3.63, 3.8) is 0 Å². The molecule has 0 saturated carbocycles. The Hall–Kier alpha value is -2.92. The number of benzene rings is 1. The number of carboxylic acid groups (broad SMARTS) is 1. The number of sulfonamides is 1. The lowest BCUT2D eigenvalue weighted by molar-refractivity contribution is 0.0692. The lowest BCUT2D eigenvalue weighted by Crippen LogP contribution is -2.35. The number of carboxylic acids is 1. The van der Waals surface area contributed by atoms with Crippen LogP contribution in [0.25, 0.3) is 0 Å². The van der Waals surface area contributed by atoms with Gasteiger partial charge in [0.2, 0.25) is 5.88 Å². The lowest BCUT2D eigenvalue weighted by atomic mass is 10.2. The molecule has 0 aliphatic heterocycles. The molecule has 0 aliphatic carbocycles. The summed E-state index contributed by atoms with van der Waals surface area (Å²) >= 11 is 5.99. The van der Waals surface area contributed by atoms with E-state index in [4.69, 9.17) is 21.4 Å². The van der Waals surface area contributed by atoms with Crippen molar-refractivity contribution in [2.24, 2.45) is 0 Å². The number of carbonyl (C=O) groups is 2. The third-order valence-corrected chi connectivity index (χ3v) is 4.92. The van der Waals surface area contributed by atoms with E-state index in [2.05, 4.69) is 15.3 Å². The average molecular weight is 415 g/mol. The fourth-order valence-electron chi connectivity index (χ4n) is 2.06. The molecule has 3 N–H and O–H groups in total. The molecule has 144 valence electrons. The van der Waals surface area contributed by atoms with Gasteiger partial charge in [0.1, 0.15) is 16.4 Å². The summed E-state index contributed by atoms with van der Waals surface area (Å²) in [5.74, 6) is -1.14. The van der Waals surface area contributed by atoms with Gasteiger partial charge < -0.3 is 9.84 Å². The van der Waals surface area contributed by atoms with Crippen LogP contribution in [-0.4, -0.2) is 42.6 Å². The standard InChI is InChI=1S/C15H15ClN4O6S/c1-3-10-17-12(16)11(13(18-10)26-2)19-15(23)20-27(24,25)9-7-5-4-6-8(9)14(21)22/h4-7H,3H2,1-2H3,(H,21,22)(H2,19,20,23). The summed E-state index contributed by atoms with van der Waals surface area (Å²) in [4.78, 5) is 30.7. The summed E-state index contributed by atoms with van der Waals surface area (Å²) in [5, 5.41) is 11.2. The van der Waals surface area contributed by atoms with Crippen molar-refractivity contribution in [3.05, 3.63) is 40.8 Å². The molecule has 0 atom stereocenters. The molecule has 2 amide bonds. The Bertz CT molecular complexity index is 996. The largest absolute Gasteiger partial charge is 0.479 e. The smallest absolute Gasteiger partial charge is 0.337 e. The summed E-state index contributed by atoms with van der Waals surface area (Å²) < 4.78 is 31.5. The number of hydrogen-bond acceptors (Lipinski definition) is 7. The van der Waals surface area contributed by atoms with Crippen LogP contribution < -0.4 is 14.8 Å². The van der Waals surface area contributed by atoms with Crippen LogP contribution >= 0.6 is 11.6 Å². The van der Waals surface area contributed by atoms with Gasteiger partial charge in [-0.15, -0.1) is 0 Å². The number of ether oxygens (including phenoxy) is 1. The first-order valence-electron chi connectivity index (χ1n) is 7.46. The van der Waals surface area contributed by atoms with Gasteiger partial charge >= 0.3 is 12.0 Å². The minimum absolute atomic E-state index is 0.0506. The number of nitrogens with one attached hydrogen (secondary N) is 2. The van der Waals surface area contributed by atoms with Crippen molar-refractivity contribution in [1.82, 2.24) is 14.7 Å². The Morgan fingerprint density at radius 3 is 2.52 bits per heavy atom. The van der Waals surface area contributed by atoms with E-state index < -0.39 is 32.5 Å². The van der Waals surface area contributed by atoms with Crippen molar-refractivity contribution in [2.45, 2.75) is 18.2 Å². The third-order valence-electron chi connectivity index (χ3n) is 3.26. The van der Waals surface area contributed by atoms with E-state index in [-0.39, 0.29) is 16.7 Å². The molecule has 0 fully saturated rings. The van der Waals surface area contributed by atoms with E-state index in [0.29, 0.717) is 12.2 Å². The highest BCUT2D eigenvalue weighted by Gasteiger charge is 2.25. The van der Waals surface area contributed by atoms with E-state index in [1.165, 1.54) is 19.2 Å². The van der Waals surface area contributed by atoms with Crippen molar-refractivity contribution >= 4 is 39.3 Å². The monoisotopic (exact) mass is 414 g/mol. The van der Waals surface area contributed by atoms with Gasteiger partial charge in [-0.25, -0.2) is 27.7 Å². The van der Waals surface area contributed by atoms with Gasteiger partial charge in [0, 0.05) is 6.42 Å². The Balaban J connectivity index is 2.30. The second-order valence-corrected chi connectivity index (χ2v) is 7.04. The van der Waals surface area contributed by atoms with Crippen LogP contribution in [-0.2, 0) is 16.4 Å². The Morgan fingerprint density at radius 1 is 1.26 bits per heavy atom. The van der Waals surface area contributed by atoms with Crippen LogP contribution in [0.4, 0.5) is 10.5 Å². The fourth-order valence-corrected chi connectivity index (χ4v) is 3.39. The van der Waals surface area contributed by atoms with Gasteiger partial charge in [0.15, 0.2) is 5.15 Å². The van der Waals surface area contributed by atoms with Crippen molar-refractivity contribution < 1.29 is 27.9 Å². The Morgan fingerprint density at radius 2 is 1.93 bits per heavy atom. The number of methoxy groups -OCH3 is 1. The summed E-state index contributed by atoms with van der Waals surface area (Å²) in [6.07, 6.45) is 0.461. The average Bonchev–Trinajstić information content (AvgIpc) is 2.62. The molecule has 0 radical (unpaired) electrons. The molecule has 1 aromatic heterocycles. The summed E-state index contributed by atoms with van der Waals surface area (Å²) in [6, 6.07) is 3.66. The summed E-state index contributed by atoms with van der Waals surface area (Å²) in [7, 11) is -3.18. The third kappa shape index (κ3) is 4.63. The second-order valence-electron chi connectivity index (χ2n) is 5.03. The number of nitrogens with zero attached hydrogens (tertiary/aromatic N) is 2. The highest BCUT2D eigenvalue weighted by Crippen LogP contribution is 2.29. The highest BCUT2D eigenvalue weighted by molar-refractivity contribution is 7.90. The summed E-state index contributed by atoms with van der Waals surface area (Å²) in [6.45, 7) is 1.79. The second kappa shape index (κ2) is 8.18. The number of carbonyl (C=O) groups excluding carboxylic acids is 1. The maximum atomic E-state index is 12.4. The van der Waals surface area contributed by atoms with E-state index in [9.17, 15) is 18.0 Å². The van der Waals surface area contributed by atoms with Crippen molar-refractivity contribution in [2.75, 3.05) is 12.4 Å². The minimum atomic E-state index is -4.47. The maximum absolute atomic E-state index is 12.4. The molecule has 2 rings (SSSR count). The van der Waals surface area contributed by atoms with Crippen molar-refractivity contribution in [1.29, 1.82) is 0 Å². The van der Waals surface area contributed by atoms with Gasteiger partial charge in [-0.3, -0.25) is 5.32 Å². The number of anilines is 1. The number of urea groups is 1. The van der Waals surface area contributed by atoms with E-state index in [0.717, 1.165) is 12.1 Å². The van der Waals surface area contributed by atoms with E-state index >= 15 is 0 Å². The predicted molar refractivity (Wildman–Crippen MR) is 95.7 cm³/mol. The van der Waals surface area contributed by atoms with Crippen LogP contribution in [0, 0.1) is 0 Å². The molecule has 0 bridgehead atoms. The zero-order valence-electron chi connectivity index (χ0n) is 14.2. The first-order valence-corrected chi connectivity index (χ1v) is 9.32. The topological polar surface area (TPSA) is 148 Å². The van der Waals surface area contributed by atoms with Gasteiger partial charge in [0.25, 0.3) is 10.0 Å². The molecular weight excluding hydrogens is 400 g/mol. The van der Waals surface area contributed by atoms with Gasteiger partial charge in [-0.1, -0.05) is 30.7 Å². The van der Waals surface area contributed by atoms with E-state index in [1.54, 1.807) is 11.6 Å². The molecule has 10 nitrogen and oxygen atoms in total. The van der Waals surface area contributed by atoms with Crippen LogP contribution in [0.2, 0.25) is 5.15 Å². The molecule has 0 saturated heterocycles. The number of aromatic nitrogens is 2. The molecule has 12 heteroatoms. The molecule has 0 unspecified atom stereocenters. The van der Waals surface area contributed by atoms with Crippen LogP contribution in [0.3, 0.4) is 0 Å². The number of rotatable bonds is 6. The van der Waals surface area contributed by atoms with Gasteiger partial charge in [-0.05, 0) is 12.1 Å². The minimum Gasteiger partial charge on any atom is -0.479 e. The first kappa shape index (κ1) is 20.4.